The standard InChI is InChI=1S/C12H18ClFN2O/c1-8(2)7-17-4-3-16-12-6-10(14)9(13)5-11(12)15/h5-6,8,16H,3-4,7,15H2,1-2H3. The van der Waals surface area contributed by atoms with Crippen molar-refractivity contribution >= 4 is 23.0 Å². The second-order valence-electron chi connectivity index (χ2n) is 4.25. The summed E-state index contributed by atoms with van der Waals surface area (Å²) in [6.45, 7) is 6.02. The number of hydrogen-bond acceptors (Lipinski definition) is 3. The molecule has 0 atom stereocenters. The number of ether oxygens (including phenoxy) is 1. The third kappa shape index (κ3) is 4.79. The highest BCUT2D eigenvalue weighted by atomic mass is 35.5. The molecule has 17 heavy (non-hydrogen) atoms. The summed E-state index contributed by atoms with van der Waals surface area (Å²) in [7, 11) is 0. The van der Waals surface area contributed by atoms with Crippen LogP contribution in [0.3, 0.4) is 0 Å². The van der Waals surface area contributed by atoms with Crippen molar-refractivity contribution in [1.82, 2.24) is 0 Å². The zero-order valence-electron chi connectivity index (χ0n) is 10.1. The van der Waals surface area contributed by atoms with Crippen molar-refractivity contribution in [3.63, 3.8) is 0 Å². The summed E-state index contributed by atoms with van der Waals surface area (Å²) < 4.78 is 18.6. The van der Waals surface area contributed by atoms with Gasteiger partial charge in [-0.2, -0.15) is 0 Å². The molecule has 1 aromatic rings. The van der Waals surface area contributed by atoms with E-state index in [9.17, 15) is 4.39 Å². The lowest BCUT2D eigenvalue weighted by molar-refractivity contribution is 0.118. The van der Waals surface area contributed by atoms with Gasteiger partial charge < -0.3 is 15.8 Å². The van der Waals surface area contributed by atoms with Crippen LogP contribution in [-0.4, -0.2) is 19.8 Å². The number of hydrogen-bond donors (Lipinski definition) is 2. The quantitative estimate of drug-likeness (QED) is 0.610. The van der Waals surface area contributed by atoms with Gasteiger partial charge in [-0.3, -0.25) is 0 Å². The Morgan fingerprint density at radius 1 is 1.47 bits per heavy atom. The maximum Gasteiger partial charge on any atom is 0.143 e. The Morgan fingerprint density at radius 3 is 2.82 bits per heavy atom. The minimum Gasteiger partial charge on any atom is -0.397 e. The van der Waals surface area contributed by atoms with Crippen LogP contribution >= 0.6 is 11.6 Å². The molecule has 0 aromatic heterocycles. The summed E-state index contributed by atoms with van der Waals surface area (Å²) in [4.78, 5) is 0. The van der Waals surface area contributed by atoms with E-state index < -0.39 is 5.82 Å². The van der Waals surface area contributed by atoms with Gasteiger partial charge >= 0.3 is 0 Å². The van der Waals surface area contributed by atoms with Crippen LogP contribution in [0, 0.1) is 11.7 Å². The van der Waals surface area contributed by atoms with E-state index in [-0.39, 0.29) is 5.02 Å². The molecule has 0 aliphatic carbocycles. The first-order valence-corrected chi connectivity index (χ1v) is 5.94. The summed E-state index contributed by atoms with van der Waals surface area (Å²) >= 11 is 5.60. The fraction of sp³-hybridized carbons (Fsp3) is 0.500. The van der Waals surface area contributed by atoms with Gasteiger partial charge in [-0.1, -0.05) is 25.4 Å². The third-order valence-electron chi connectivity index (χ3n) is 2.11. The fourth-order valence-electron chi connectivity index (χ4n) is 1.29. The average Bonchev–Trinajstić information content (AvgIpc) is 2.24. The number of rotatable bonds is 6. The predicted molar refractivity (Wildman–Crippen MR) is 70.0 cm³/mol. The van der Waals surface area contributed by atoms with Crippen LogP contribution in [0.5, 0.6) is 0 Å². The molecule has 0 bridgehead atoms. The largest absolute Gasteiger partial charge is 0.397 e. The first-order chi connectivity index (χ1) is 8.00. The Balaban J connectivity index is 2.39. The zero-order valence-corrected chi connectivity index (χ0v) is 10.9. The van der Waals surface area contributed by atoms with E-state index in [1.807, 2.05) is 0 Å². The lowest BCUT2D eigenvalue weighted by atomic mass is 10.2. The zero-order chi connectivity index (χ0) is 12.8. The molecule has 0 aliphatic rings. The Hall–Kier alpha value is -1.00. The minimum absolute atomic E-state index is 0.0316. The van der Waals surface area contributed by atoms with Crippen molar-refractivity contribution in [3.8, 4) is 0 Å². The number of halogens is 2. The molecule has 5 heteroatoms. The molecule has 0 aliphatic heterocycles. The molecule has 0 fully saturated rings. The fourth-order valence-corrected chi connectivity index (χ4v) is 1.46. The Bertz CT molecular complexity index is 372. The smallest absolute Gasteiger partial charge is 0.143 e. The molecule has 0 spiro atoms. The van der Waals surface area contributed by atoms with Crippen LogP contribution < -0.4 is 11.1 Å². The van der Waals surface area contributed by atoms with Crippen LogP contribution in [0.1, 0.15) is 13.8 Å². The molecule has 3 N–H and O–H groups in total. The van der Waals surface area contributed by atoms with E-state index in [1.54, 1.807) is 0 Å². The summed E-state index contributed by atoms with van der Waals surface area (Å²) in [5, 5.41) is 3.04. The van der Waals surface area contributed by atoms with Gasteiger partial charge in [0.25, 0.3) is 0 Å². The molecule has 0 radical (unpaired) electrons. The topological polar surface area (TPSA) is 47.3 Å². The van der Waals surface area contributed by atoms with Gasteiger partial charge in [0.1, 0.15) is 5.82 Å². The van der Waals surface area contributed by atoms with Gasteiger partial charge in [-0.25, -0.2) is 4.39 Å². The van der Waals surface area contributed by atoms with Gasteiger partial charge in [0, 0.05) is 19.2 Å². The number of benzene rings is 1. The minimum atomic E-state index is -0.480. The van der Waals surface area contributed by atoms with Crippen molar-refractivity contribution in [3.05, 3.63) is 23.0 Å². The second-order valence-corrected chi connectivity index (χ2v) is 4.66. The van der Waals surface area contributed by atoms with Crippen LogP contribution in [0.4, 0.5) is 15.8 Å². The monoisotopic (exact) mass is 260 g/mol. The normalized spacial score (nSPS) is 10.9. The molecular weight excluding hydrogens is 243 g/mol. The molecule has 0 amide bonds. The van der Waals surface area contributed by atoms with Crippen molar-refractivity contribution in [2.45, 2.75) is 13.8 Å². The van der Waals surface area contributed by atoms with Crippen molar-refractivity contribution < 1.29 is 9.13 Å². The molecule has 0 heterocycles. The summed E-state index contributed by atoms with van der Waals surface area (Å²) in [5.41, 5.74) is 6.67. The molecule has 0 unspecified atom stereocenters. The van der Waals surface area contributed by atoms with E-state index >= 15 is 0 Å². The molecule has 3 nitrogen and oxygen atoms in total. The van der Waals surface area contributed by atoms with E-state index in [1.165, 1.54) is 12.1 Å². The maximum absolute atomic E-state index is 13.2. The van der Waals surface area contributed by atoms with Crippen LogP contribution in [0.15, 0.2) is 12.1 Å². The molecule has 1 rings (SSSR count). The predicted octanol–water partition coefficient (Wildman–Crippen LogP) is 3.15. The average molecular weight is 261 g/mol. The number of nitrogens with one attached hydrogen (secondary N) is 1. The van der Waals surface area contributed by atoms with Crippen molar-refractivity contribution in [1.29, 1.82) is 0 Å². The number of anilines is 2. The maximum atomic E-state index is 13.2. The van der Waals surface area contributed by atoms with Crippen LogP contribution in [0.25, 0.3) is 0 Å². The van der Waals surface area contributed by atoms with Gasteiger partial charge in [0.2, 0.25) is 0 Å². The first kappa shape index (κ1) is 14.1. The second kappa shape index (κ2) is 6.67. The molecule has 0 saturated heterocycles. The highest BCUT2D eigenvalue weighted by Gasteiger charge is 2.05. The molecule has 96 valence electrons. The Labute approximate surface area is 106 Å². The van der Waals surface area contributed by atoms with Gasteiger partial charge in [0.15, 0.2) is 0 Å². The lowest BCUT2D eigenvalue weighted by Gasteiger charge is -2.11. The van der Waals surface area contributed by atoms with E-state index in [0.29, 0.717) is 37.1 Å². The molecular formula is C12H18ClFN2O. The van der Waals surface area contributed by atoms with E-state index in [2.05, 4.69) is 19.2 Å². The third-order valence-corrected chi connectivity index (χ3v) is 2.40. The van der Waals surface area contributed by atoms with Crippen molar-refractivity contribution in [2.24, 2.45) is 5.92 Å². The molecule has 1 aromatic carbocycles. The summed E-state index contributed by atoms with van der Waals surface area (Å²) in [6, 6.07) is 2.69. The highest BCUT2D eigenvalue weighted by molar-refractivity contribution is 6.31. The Morgan fingerprint density at radius 2 is 2.18 bits per heavy atom. The van der Waals surface area contributed by atoms with Crippen molar-refractivity contribution in [2.75, 3.05) is 30.8 Å². The van der Waals surface area contributed by atoms with Gasteiger partial charge in [-0.15, -0.1) is 0 Å². The van der Waals surface area contributed by atoms with Gasteiger partial charge in [-0.05, 0) is 12.0 Å². The summed E-state index contributed by atoms with van der Waals surface area (Å²) in [6.07, 6.45) is 0. The number of nitrogen functional groups attached to an aromatic ring is 1. The Kier molecular flexibility index (Phi) is 5.51. The first-order valence-electron chi connectivity index (χ1n) is 5.57. The number of nitrogens with two attached hydrogens (primary N) is 1. The van der Waals surface area contributed by atoms with Crippen LogP contribution in [-0.2, 0) is 4.74 Å². The van der Waals surface area contributed by atoms with E-state index in [0.717, 1.165) is 0 Å². The molecule has 0 saturated carbocycles. The van der Waals surface area contributed by atoms with Gasteiger partial charge in [0.05, 0.1) is 23.0 Å². The van der Waals surface area contributed by atoms with E-state index in [4.69, 9.17) is 22.1 Å². The SMILES string of the molecule is CC(C)COCCNc1cc(F)c(Cl)cc1N. The highest BCUT2D eigenvalue weighted by Crippen LogP contribution is 2.25. The van der Waals surface area contributed by atoms with Crippen LogP contribution in [0.2, 0.25) is 5.02 Å². The lowest BCUT2D eigenvalue weighted by Crippen LogP contribution is -2.13. The summed E-state index contributed by atoms with van der Waals surface area (Å²) in [5.74, 6) is 0.0273.